The van der Waals surface area contributed by atoms with Crippen molar-refractivity contribution in [3.63, 3.8) is 0 Å². The number of aryl methyl sites for hydroxylation is 1. The molecule has 6 heteroatoms. The Bertz CT molecular complexity index is 822. The fourth-order valence-corrected chi connectivity index (χ4v) is 5.15. The van der Waals surface area contributed by atoms with E-state index in [0.29, 0.717) is 24.2 Å². The van der Waals surface area contributed by atoms with Gasteiger partial charge < -0.3 is 4.74 Å². The summed E-state index contributed by atoms with van der Waals surface area (Å²) >= 11 is 6.40. The van der Waals surface area contributed by atoms with Crippen LogP contribution < -0.4 is 0 Å². The molecule has 1 aromatic heterocycles. The van der Waals surface area contributed by atoms with Crippen LogP contribution in [-0.2, 0) is 22.5 Å². The lowest BCUT2D eigenvalue weighted by Gasteiger charge is -2.35. The number of esters is 1. The zero-order valence-electron chi connectivity index (χ0n) is 15.9. The Morgan fingerprint density at radius 2 is 2.15 bits per heavy atom. The minimum absolute atomic E-state index is 0.0599. The highest BCUT2D eigenvalue weighted by Crippen LogP contribution is 2.53. The van der Waals surface area contributed by atoms with Crippen LogP contribution in [-0.4, -0.2) is 39.8 Å². The van der Waals surface area contributed by atoms with Gasteiger partial charge in [-0.15, -0.1) is 0 Å². The lowest BCUT2D eigenvalue weighted by Crippen LogP contribution is -2.46. The smallest absolute Gasteiger partial charge is 0.314 e. The van der Waals surface area contributed by atoms with Crippen molar-refractivity contribution in [2.24, 2.45) is 5.41 Å². The average Bonchev–Trinajstić information content (AvgIpc) is 3.30. The predicted octanol–water partition coefficient (Wildman–Crippen LogP) is 3.90. The molecule has 3 heterocycles. The number of hydrogen-bond donors (Lipinski definition) is 1. The Balaban J connectivity index is 1.64. The third-order valence-corrected chi connectivity index (χ3v) is 6.70. The predicted molar refractivity (Wildman–Crippen MR) is 105 cm³/mol. The van der Waals surface area contributed by atoms with Crippen LogP contribution in [0.25, 0.3) is 0 Å². The maximum absolute atomic E-state index is 13.1. The van der Waals surface area contributed by atoms with Crippen molar-refractivity contribution >= 4 is 17.6 Å². The molecular weight excluding hydrogens is 362 g/mol. The molecule has 2 aliphatic rings. The molecule has 0 saturated carbocycles. The topological polar surface area (TPSA) is 58.2 Å². The second-order valence-electron chi connectivity index (χ2n) is 7.77. The summed E-state index contributed by atoms with van der Waals surface area (Å²) in [6, 6.07) is 10.8. The molecule has 2 saturated heterocycles. The minimum atomic E-state index is -0.488. The second kappa shape index (κ2) is 7.28. The van der Waals surface area contributed by atoms with Gasteiger partial charge in [0.15, 0.2) is 0 Å². The summed E-state index contributed by atoms with van der Waals surface area (Å²) in [4.78, 5) is 15.6. The number of aromatic amines is 1. The van der Waals surface area contributed by atoms with Crippen LogP contribution in [0.5, 0.6) is 0 Å². The van der Waals surface area contributed by atoms with Crippen molar-refractivity contribution in [3.05, 3.63) is 52.3 Å². The first-order valence-electron chi connectivity index (χ1n) is 9.71. The van der Waals surface area contributed by atoms with Crippen LogP contribution in [0.2, 0.25) is 5.02 Å². The number of carbonyl (C=O) groups excluding carboxylic acids is 1. The number of aromatic nitrogens is 2. The van der Waals surface area contributed by atoms with Crippen molar-refractivity contribution in [2.45, 2.75) is 58.2 Å². The van der Waals surface area contributed by atoms with E-state index in [4.69, 9.17) is 16.3 Å². The number of carbonyl (C=O) groups is 1. The monoisotopic (exact) mass is 387 g/mol. The summed E-state index contributed by atoms with van der Waals surface area (Å²) in [5.41, 5.74) is 2.45. The number of nitrogens with zero attached hydrogens (tertiary/aromatic N) is 2. The van der Waals surface area contributed by atoms with E-state index in [1.54, 1.807) is 0 Å². The number of benzene rings is 1. The molecular formula is C21H26ClN3O2. The summed E-state index contributed by atoms with van der Waals surface area (Å²) in [6.45, 7) is 4.90. The molecule has 2 aliphatic heterocycles. The van der Waals surface area contributed by atoms with Gasteiger partial charge in [0.1, 0.15) is 0 Å². The van der Waals surface area contributed by atoms with E-state index < -0.39 is 5.41 Å². The van der Waals surface area contributed by atoms with Crippen LogP contribution >= 0.6 is 11.6 Å². The van der Waals surface area contributed by atoms with Crippen molar-refractivity contribution in [1.29, 1.82) is 0 Å². The van der Waals surface area contributed by atoms with Crippen molar-refractivity contribution in [3.8, 4) is 0 Å². The van der Waals surface area contributed by atoms with Crippen molar-refractivity contribution in [2.75, 3.05) is 6.61 Å². The lowest BCUT2D eigenvalue weighted by atomic mass is 9.70. The van der Waals surface area contributed by atoms with Gasteiger partial charge in [0.2, 0.25) is 0 Å². The first-order chi connectivity index (χ1) is 13.0. The number of fused-ring (bicyclic) bond motifs is 2. The third-order valence-electron chi connectivity index (χ3n) is 6.20. The van der Waals surface area contributed by atoms with Crippen LogP contribution in [0.4, 0.5) is 0 Å². The molecule has 0 spiro atoms. The normalized spacial score (nSPS) is 27.2. The Morgan fingerprint density at radius 3 is 2.81 bits per heavy atom. The molecule has 2 aromatic rings. The number of rotatable bonds is 6. The maximum Gasteiger partial charge on any atom is 0.314 e. The molecule has 1 N–H and O–H groups in total. The molecule has 0 amide bonds. The fraction of sp³-hybridized carbons (Fsp3) is 0.524. The van der Waals surface area contributed by atoms with Crippen molar-refractivity contribution < 1.29 is 9.53 Å². The summed E-state index contributed by atoms with van der Waals surface area (Å²) in [7, 11) is 0. The van der Waals surface area contributed by atoms with Gasteiger partial charge >= 0.3 is 5.97 Å². The van der Waals surface area contributed by atoms with Gasteiger partial charge in [-0.1, -0.05) is 41.9 Å². The van der Waals surface area contributed by atoms with Gasteiger partial charge in [0, 0.05) is 18.6 Å². The fourth-order valence-electron chi connectivity index (χ4n) is 5.01. The SMILES string of the molecule is CCOC(=O)[C@]1(Cc2ccccc2)C[C@@H]2CC[C@H]1N2Cc1n[nH]c(C)c1Cl. The van der Waals surface area contributed by atoms with Crippen LogP contribution in [0.3, 0.4) is 0 Å². The number of ether oxygens (including phenoxy) is 1. The quantitative estimate of drug-likeness (QED) is 0.763. The first-order valence-corrected chi connectivity index (χ1v) is 10.1. The van der Waals surface area contributed by atoms with Gasteiger partial charge in [-0.2, -0.15) is 5.10 Å². The Morgan fingerprint density at radius 1 is 1.37 bits per heavy atom. The van der Waals surface area contributed by atoms with E-state index in [2.05, 4.69) is 27.2 Å². The molecule has 0 unspecified atom stereocenters. The highest BCUT2D eigenvalue weighted by Gasteiger charge is 2.60. The Labute approximate surface area is 165 Å². The molecule has 3 atom stereocenters. The van der Waals surface area contributed by atoms with E-state index in [-0.39, 0.29) is 12.0 Å². The number of nitrogens with one attached hydrogen (secondary N) is 1. The Hall–Kier alpha value is -1.85. The van der Waals surface area contributed by atoms with Gasteiger partial charge in [-0.25, -0.2) is 0 Å². The molecule has 5 nitrogen and oxygen atoms in total. The first kappa shape index (κ1) is 18.5. The van der Waals surface area contributed by atoms with E-state index in [9.17, 15) is 4.79 Å². The van der Waals surface area contributed by atoms with E-state index >= 15 is 0 Å². The van der Waals surface area contributed by atoms with Crippen LogP contribution in [0, 0.1) is 12.3 Å². The van der Waals surface area contributed by atoms with Gasteiger partial charge in [0.25, 0.3) is 0 Å². The van der Waals surface area contributed by atoms with Crippen LogP contribution in [0.1, 0.15) is 43.1 Å². The largest absolute Gasteiger partial charge is 0.466 e. The molecule has 1 aromatic carbocycles. The lowest BCUT2D eigenvalue weighted by molar-refractivity contribution is -0.157. The highest BCUT2D eigenvalue weighted by molar-refractivity contribution is 6.31. The zero-order chi connectivity index (χ0) is 19.0. The molecule has 144 valence electrons. The third kappa shape index (κ3) is 3.17. The summed E-state index contributed by atoms with van der Waals surface area (Å²) in [6.07, 6.45) is 3.68. The Kier molecular flexibility index (Phi) is 4.99. The molecule has 27 heavy (non-hydrogen) atoms. The summed E-state index contributed by atoms with van der Waals surface area (Å²) in [5, 5.41) is 8.04. The van der Waals surface area contributed by atoms with Gasteiger partial charge in [0.05, 0.1) is 28.4 Å². The standard InChI is InChI=1S/C21H26ClN3O2/c1-3-27-20(26)21(11-15-7-5-4-6-8-15)12-16-9-10-18(21)25(16)13-17-19(22)14(2)23-24-17/h4-8,16,18H,3,9-13H2,1-2H3,(H,23,24)/t16-,18+,21+/m0/s1. The van der Waals surface area contributed by atoms with Crippen LogP contribution in [0.15, 0.2) is 30.3 Å². The average molecular weight is 388 g/mol. The number of halogens is 1. The zero-order valence-corrected chi connectivity index (χ0v) is 16.6. The molecule has 2 bridgehead atoms. The molecule has 4 rings (SSSR count). The highest BCUT2D eigenvalue weighted by atomic mass is 35.5. The number of H-pyrrole nitrogens is 1. The molecule has 0 radical (unpaired) electrons. The van der Waals surface area contributed by atoms with E-state index in [0.717, 1.165) is 37.1 Å². The van der Waals surface area contributed by atoms with E-state index in [1.165, 1.54) is 5.56 Å². The molecule has 0 aliphatic carbocycles. The van der Waals surface area contributed by atoms with Crippen molar-refractivity contribution in [1.82, 2.24) is 15.1 Å². The molecule has 2 fully saturated rings. The second-order valence-corrected chi connectivity index (χ2v) is 8.15. The minimum Gasteiger partial charge on any atom is -0.466 e. The summed E-state index contributed by atoms with van der Waals surface area (Å²) < 4.78 is 5.57. The van der Waals surface area contributed by atoms with Gasteiger partial charge in [-0.3, -0.25) is 14.8 Å². The summed E-state index contributed by atoms with van der Waals surface area (Å²) in [5.74, 6) is -0.0599. The van der Waals surface area contributed by atoms with E-state index in [1.807, 2.05) is 32.0 Å². The number of hydrogen-bond acceptors (Lipinski definition) is 4. The van der Waals surface area contributed by atoms with Gasteiger partial charge in [-0.05, 0) is 45.1 Å². The maximum atomic E-state index is 13.1.